The molecule has 0 amide bonds. The molecule has 0 spiro atoms. The minimum atomic E-state index is -4.13. The Balaban J connectivity index is 3.75. The summed E-state index contributed by atoms with van der Waals surface area (Å²) in [6.45, 7) is 4.76. The average molecular weight is 196 g/mol. The molecule has 1 atom stereocenters. The maximum Gasteiger partial charge on any atom is 0.267 e. The van der Waals surface area contributed by atoms with Crippen molar-refractivity contribution >= 4 is 10.1 Å². The monoisotopic (exact) mass is 196 g/mol. The van der Waals surface area contributed by atoms with Gasteiger partial charge in [0.15, 0.2) is 0 Å². The molecule has 0 saturated carbocycles. The van der Waals surface area contributed by atoms with E-state index in [9.17, 15) is 8.42 Å². The van der Waals surface area contributed by atoms with Crippen LogP contribution in [-0.4, -0.2) is 36.5 Å². The molecule has 12 heavy (non-hydrogen) atoms. The fourth-order valence-electron chi connectivity index (χ4n) is 0.530. The summed E-state index contributed by atoms with van der Waals surface area (Å²) in [6.07, 6.45) is -1.23. The van der Waals surface area contributed by atoms with Crippen molar-refractivity contribution in [1.82, 2.24) is 0 Å². The van der Waals surface area contributed by atoms with E-state index in [2.05, 4.69) is 6.58 Å². The zero-order chi connectivity index (χ0) is 9.78. The molecule has 0 aromatic heterocycles. The Kier molecular flexibility index (Phi) is 4.22. The second-order valence-electron chi connectivity index (χ2n) is 2.42. The maximum atomic E-state index is 10.2. The van der Waals surface area contributed by atoms with E-state index in [1.165, 1.54) is 0 Å². The first-order chi connectivity index (χ1) is 5.31. The lowest BCUT2D eigenvalue weighted by atomic mass is 10.4. The van der Waals surface area contributed by atoms with Gasteiger partial charge in [0, 0.05) is 0 Å². The Labute approximate surface area is 71.4 Å². The summed E-state index contributed by atoms with van der Waals surface area (Å²) < 4.78 is 33.4. The first-order valence-corrected chi connectivity index (χ1v) is 4.83. The lowest BCUT2D eigenvalue weighted by Crippen LogP contribution is -2.24. The Morgan fingerprint density at radius 3 is 2.50 bits per heavy atom. The first-order valence-electron chi connectivity index (χ1n) is 3.23. The zero-order valence-corrected chi connectivity index (χ0v) is 7.54. The van der Waals surface area contributed by atoms with E-state index >= 15 is 0 Å². The number of allylic oxidation sites excluding steroid dienone is 1. The number of aliphatic hydroxyl groups excluding tert-OH is 1. The van der Waals surface area contributed by atoms with Gasteiger partial charge in [0.25, 0.3) is 10.1 Å². The van der Waals surface area contributed by atoms with Crippen LogP contribution in [0.4, 0.5) is 0 Å². The van der Waals surface area contributed by atoms with Crippen LogP contribution in [0.5, 0.6) is 0 Å². The SMILES string of the molecule is C=C(C)OCC(O)CS(=O)(=O)O. The number of ether oxygens (including phenoxy) is 1. The van der Waals surface area contributed by atoms with E-state index in [4.69, 9.17) is 14.4 Å². The molecule has 0 fully saturated rings. The summed E-state index contributed by atoms with van der Waals surface area (Å²) in [5.41, 5.74) is 0. The highest BCUT2D eigenvalue weighted by atomic mass is 32.2. The molecular formula is C6H12O5S. The molecule has 0 saturated heterocycles. The number of hydrogen-bond donors (Lipinski definition) is 2. The van der Waals surface area contributed by atoms with Crippen molar-refractivity contribution in [2.45, 2.75) is 13.0 Å². The molecule has 6 heteroatoms. The van der Waals surface area contributed by atoms with Crippen LogP contribution < -0.4 is 0 Å². The first kappa shape index (κ1) is 11.4. The zero-order valence-electron chi connectivity index (χ0n) is 6.73. The highest BCUT2D eigenvalue weighted by Crippen LogP contribution is 1.96. The van der Waals surface area contributed by atoms with Gasteiger partial charge in [-0.25, -0.2) is 0 Å². The summed E-state index contributed by atoms with van der Waals surface area (Å²) in [6, 6.07) is 0. The van der Waals surface area contributed by atoms with Crippen molar-refractivity contribution < 1.29 is 22.8 Å². The topological polar surface area (TPSA) is 83.8 Å². The predicted octanol–water partition coefficient (Wildman–Crippen LogP) is -0.215. The molecule has 0 aliphatic heterocycles. The molecule has 5 nitrogen and oxygen atoms in total. The molecule has 0 aromatic carbocycles. The van der Waals surface area contributed by atoms with E-state index in [1.54, 1.807) is 6.92 Å². The maximum absolute atomic E-state index is 10.2. The molecule has 1 unspecified atom stereocenters. The highest BCUT2D eigenvalue weighted by molar-refractivity contribution is 7.85. The molecular weight excluding hydrogens is 184 g/mol. The van der Waals surface area contributed by atoms with Gasteiger partial charge in [-0.2, -0.15) is 8.42 Å². The molecule has 0 heterocycles. The van der Waals surface area contributed by atoms with E-state index in [1.807, 2.05) is 0 Å². The van der Waals surface area contributed by atoms with Crippen molar-refractivity contribution in [1.29, 1.82) is 0 Å². The van der Waals surface area contributed by atoms with Crippen molar-refractivity contribution in [2.24, 2.45) is 0 Å². The van der Waals surface area contributed by atoms with E-state index in [0.717, 1.165) is 0 Å². The van der Waals surface area contributed by atoms with Crippen LogP contribution in [0.3, 0.4) is 0 Å². The van der Waals surface area contributed by atoms with Crippen LogP contribution in [-0.2, 0) is 14.9 Å². The third-order valence-corrected chi connectivity index (χ3v) is 1.73. The van der Waals surface area contributed by atoms with Crippen molar-refractivity contribution in [2.75, 3.05) is 12.4 Å². The number of hydrogen-bond acceptors (Lipinski definition) is 4. The Morgan fingerprint density at radius 1 is 1.67 bits per heavy atom. The van der Waals surface area contributed by atoms with E-state index in [-0.39, 0.29) is 6.61 Å². The minimum absolute atomic E-state index is 0.185. The highest BCUT2D eigenvalue weighted by Gasteiger charge is 2.14. The van der Waals surface area contributed by atoms with Gasteiger partial charge in [-0.15, -0.1) is 0 Å². The molecule has 0 bridgehead atoms. The van der Waals surface area contributed by atoms with Gasteiger partial charge in [-0.05, 0) is 6.92 Å². The van der Waals surface area contributed by atoms with Gasteiger partial charge >= 0.3 is 0 Å². The van der Waals surface area contributed by atoms with Crippen LogP contribution in [0.1, 0.15) is 6.92 Å². The van der Waals surface area contributed by atoms with Gasteiger partial charge in [-0.1, -0.05) is 6.58 Å². The van der Waals surface area contributed by atoms with Gasteiger partial charge in [0.1, 0.15) is 18.5 Å². The summed E-state index contributed by atoms with van der Waals surface area (Å²) in [7, 11) is -4.13. The number of rotatable bonds is 5. The van der Waals surface area contributed by atoms with Crippen LogP contribution in [0.25, 0.3) is 0 Å². The van der Waals surface area contributed by atoms with Crippen LogP contribution >= 0.6 is 0 Å². The smallest absolute Gasteiger partial charge is 0.267 e. The molecule has 0 aliphatic rings. The Hall–Kier alpha value is -0.590. The van der Waals surface area contributed by atoms with Crippen LogP contribution in [0.15, 0.2) is 12.3 Å². The lowest BCUT2D eigenvalue weighted by molar-refractivity contribution is 0.0858. The molecule has 0 radical (unpaired) electrons. The molecule has 2 N–H and O–H groups in total. The largest absolute Gasteiger partial charge is 0.496 e. The minimum Gasteiger partial charge on any atom is -0.496 e. The van der Waals surface area contributed by atoms with Crippen molar-refractivity contribution in [3.05, 3.63) is 12.3 Å². The Bertz CT molecular complexity index is 243. The van der Waals surface area contributed by atoms with Crippen molar-refractivity contribution in [3.63, 3.8) is 0 Å². The molecule has 72 valence electrons. The summed E-state index contributed by atoms with van der Waals surface area (Å²) >= 11 is 0. The van der Waals surface area contributed by atoms with Gasteiger partial charge < -0.3 is 9.84 Å². The second kappa shape index (κ2) is 4.44. The fraction of sp³-hybridized carbons (Fsp3) is 0.667. The molecule has 0 rings (SSSR count). The average Bonchev–Trinajstić information content (AvgIpc) is 1.79. The third-order valence-electron chi connectivity index (χ3n) is 0.925. The normalized spacial score (nSPS) is 13.9. The summed E-state index contributed by atoms with van der Waals surface area (Å²) in [4.78, 5) is 0. The van der Waals surface area contributed by atoms with Crippen LogP contribution in [0, 0.1) is 0 Å². The van der Waals surface area contributed by atoms with E-state index in [0.29, 0.717) is 5.76 Å². The van der Waals surface area contributed by atoms with Crippen molar-refractivity contribution in [3.8, 4) is 0 Å². The standard InChI is InChI=1S/C6H12O5S/c1-5(2)11-3-6(7)4-12(8,9)10/h6-7H,1,3-4H2,2H3,(H,8,9,10). The summed E-state index contributed by atoms with van der Waals surface area (Å²) in [5, 5.41) is 8.93. The molecule has 0 aromatic rings. The number of aliphatic hydroxyl groups is 1. The van der Waals surface area contributed by atoms with Gasteiger partial charge in [0.2, 0.25) is 0 Å². The van der Waals surface area contributed by atoms with E-state index < -0.39 is 22.0 Å². The Morgan fingerprint density at radius 2 is 2.17 bits per heavy atom. The van der Waals surface area contributed by atoms with Gasteiger partial charge in [0.05, 0.1) is 5.76 Å². The third kappa shape index (κ3) is 7.52. The fourth-order valence-corrected chi connectivity index (χ4v) is 1.11. The predicted molar refractivity (Wildman–Crippen MR) is 43.2 cm³/mol. The second-order valence-corrected chi connectivity index (χ2v) is 3.91. The van der Waals surface area contributed by atoms with Gasteiger partial charge in [-0.3, -0.25) is 4.55 Å². The quantitative estimate of drug-likeness (QED) is 0.469. The lowest BCUT2D eigenvalue weighted by Gasteiger charge is -2.09. The molecule has 0 aliphatic carbocycles. The van der Waals surface area contributed by atoms with Crippen LogP contribution in [0.2, 0.25) is 0 Å². The summed E-state index contributed by atoms with van der Waals surface area (Å²) in [5.74, 6) is -0.343.